The van der Waals surface area contributed by atoms with Gasteiger partial charge in [0.1, 0.15) is 0 Å². The molecule has 0 saturated heterocycles. The van der Waals surface area contributed by atoms with E-state index in [4.69, 9.17) is 16.3 Å². The van der Waals surface area contributed by atoms with E-state index in [2.05, 4.69) is 10.6 Å². The van der Waals surface area contributed by atoms with Crippen LogP contribution in [0, 0.1) is 0 Å². The van der Waals surface area contributed by atoms with Gasteiger partial charge in [0, 0.05) is 22.7 Å². The first kappa shape index (κ1) is 21.4. The maximum atomic E-state index is 13.6. The molecule has 1 aliphatic heterocycles. The number of allylic oxidation sites excluding steroid dienone is 1. The molecular formula is C27H25ClN2O3. The van der Waals surface area contributed by atoms with Crippen LogP contribution >= 0.6 is 11.6 Å². The highest BCUT2D eigenvalue weighted by molar-refractivity contribution is 6.31. The SMILES string of the molecule is CCOc1cc(C2Nc3ccccc3NC3=C2C(=O)CC(c2ccccc2Cl)C3)ccc1O. The van der Waals surface area contributed by atoms with E-state index in [1.807, 2.05) is 67.6 Å². The second-order valence-corrected chi connectivity index (χ2v) is 8.76. The lowest BCUT2D eigenvalue weighted by Gasteiger charge is -2.30. The van der Waals surface area contributed by atoms with E-state index >= 15 is 0 Å². The summed E-state index contributed by atoms with van der Waals surface area (Å²) >= 11 is 6.48. The van der Waals surface area contributed by atoms with E-state index in [9.17, 15) is 9.90 Å². The summed E-state index contributed by atoms with van der Waals surface area (Å²) in [7, 11) is 0. The van der Waals surface area contributed by atoms with Crippen molar-refractivity contribution < 1.29 is 14.6 Å². The van der Waals surface area contributed by atoms with Crippen molar-refractivity contribution in [3.05, 3.63) is 94.1 Å². The molecule has 3 aromatic rings. The lowest BCUT2D eigenvalue weighted by Crippen LogP contribution is -2.27. The molecule has 0 aromatic heterocycles. The Morgan fingerprint density at radius 2 is 1.79 bits per heavy atom. The van der Waals surface area contributed by atoms with E-state index < -0.39 is 0 Å². The van der Waals surface area contributed by atoms with E-state index in [1.54, 1.807) is 6.07 Å². The molecule has 0 spiro atoms. The van der Waals surface area contributed by atoms with Crippen molar-refractivity contribution in [2.45, 2.75) is 31.7 Å². The fourth-order valence-corrected chi connectivity index (χ4v) is 5.04. The van der Waals surface area contributed by atoms with E-state index in [0.29, 0.717) is 35.8 Å². The molecule has 2 unspecified atom stereocenters. The quantitative estimate of drug-likeness (QED) is 0.419. The van der Waals surface area contributed by atoms with Crippen molar-refractivity contribution in [3.8, 4) is 11.5 Å². The molecule has 3 N–H and O–H groups in total. The highest BCUT2D eigenvalue weighted by Gasteiger charge is 2.36. The summed E-state index contributed by atoms with van der Waals surface area (Å²) in [5.41, 5.74) is 5.28. The van der Waals surface area contributed by atoms with Gasteiger partial charge >= 0.3 is 0 Å². The molecular weight excluding hydrogens is 436 g/mol. The van der Waals surface area contributed by atoms with Gasteiger partial charge in [-0.25, -0.2) is 0 Å². The summed E-state index contributed by atoms with van der Waals surface area (Å²) in [6.45, 7) is 2.31. The molecule has 3 aromatic carbocycles. The van der Waals surface area contributed by atoms with Gasteiger partial charge in [-0.2, -0.15) is 0 Å². The maximum Gasteiger partial charge on any atom is 0.163 e. The smallest absolute Gasteiger partial charge is 0.163 e. The van der Waals surface area contributed by atoms with Gasteiger partial charge in [0.05, 0.1) is 24.0 Å². The molecule has 2 aliphatic rings. The zero-order valence-corrected chi connectivity index (χ0v) is 19.0. The molecule has 0 amide bonds. The lowest BCUT2D eigenvalue weighted by molar-refractivity contribution is -0.116. The molecule has 168 valence electrons. The minimum absolute atomic E-state index is 0.00201. The van der Waals surface area contributed by atoms with Crippen LogP contribution in [0.3, 0.4) is 0 Å². The molecule has 2 atom stereocenters. The third kappa shape index (κ3) is 4.05. The van der Waals surface area contributed by atoms with E-state index in [-0.39, 0.29) is 23.5 Å². The number of phenols is 1. The molecule has 0 radical (unpaired) electrons. The highest BCUT2D eigenvalue weighted by Crippen LogP contribution is 2.46. The Kier molecular flexibility index (Phi) is 5.73. The number of benzene rings is 3. The van der Waals surface area contributed by atoms with Crippen LogP contribution in [0.1, 0.15) is 42.9 Å². The number of phenolic OH excluding ortho intramolecular Hbond substituents is 1. The third-order valence-corrected chi connectivity index (χ3v) is 6.62. The number of fused-ring (bicyclic) bond motifs is 1. The van der Waals surface area contributed by atoms with Crippen molar-refractivity contribution in [1.29, 1.82) is 0 Å². The summed E-state index contributed by atoms with van der Waals surface area (Å²) in [4.78, 5) is 13.6. The molecule has 6 heteroatoms. The third-order valence-electron chi connectivity index (χ3n) is 6.27. The van der Waals surface area contributed by atoms with Gasteiger partial charge in [-0.3, -0.25) is 4.79 Å². The molecule has 33 heavy (non-hydrogen) atoms. The molecule has 1 aliphatic carbocycles. The number of para-hydroxylation sites is 2. The van der Waals surface area contributed by atoms with Crippen molar-refractivity contribution >= 4 is 28.8 Å². The number of hydrogen-bond acceptors (Lipinski definition) is 5. The minimum Gasteiger partial charge on any atom is -0.504 e. The van der Waals surface area contributed by atoms with Gasteiger partial charge in [0.15, 0.2) is 17.3 Å². The number of ether oxygens (including phenoxy) is 1. The van der Waals surface area contributed by atoms with Crippen molar-refractivity contribution in [2.75, 3.05) is 17.2 Å². The number of carbonyl (C=O) groups is 1. The van der Waals surface area contributed by atoms with Crippen molar-refractivity contribution in [2.24, 2.45) is 0 Å². The zero-order chi connectivity index (χ0) is 22.9. The first-order valence-corrected chi connectivity index (χ1v) is 11.5. The first-order valence-electron chi connectivity index (χ1n) is 11.1. The van der Waals surface area contributed by atoms with Crippen LogP contribution < -0.4 is 15.4 Å². The molecule has 5 nitrogen and oxygen atoms in total. The normalized spacial score (nSPS) is 19.6. The predicted octanol–water partition coefficient (Wildman–Crippen LogP) is 6.42. The average molecular weight is 461 g/mol. The number of rotatable bonds is 4. The van der Waals surface area contributed by atoms with Crippen LogP contribution in [0.5, 0.6) is 11.5 Å². The standard InChI is InChI=1S/C27H25ClN2O3/c1-2-33-25-15-16(11-12-23(25)31)27-26-22(29-20-9-5-6-10-21(20)30-27)13-17(14-24(26)32)18-7-3-4-8-19(18)28/h3-12,15,17,27,29-31H,2,13-14H2,1H3. The second-order valence-electron chi connectivity index (χ2n) is 8.35. The number of carbonyl (C=O) groups excluding carboxylic acids is 1. The Labute approximate surface area is 198 Å². The fraction of sp³-hybridized carbons (Fsp3) is 0.222. The van der Waals surface area contributed by atoms with Crippen LogP contribution in [0.2, 0.25) is 5.02 Å². The maximum absolute atomic E-state index is 13.6. The number of ketones is 1. The Bertz CT molecular complexity index is 1250. The molecule has 0 fully saturated rings. The van der Waals surface area contributed by atoms with Gasteiger partial charge in [-0.05, 0) is 60.7 Å². The topological polar surface area (TPSA) is 70.6 Å². The second kappa shape index (κ2) is 8.83. The molecule has 0 bridgehead atoms. The Morgan fingerprint density at radius 1 is 1.03 bits per heavy atom. The van der Waals surface area contributed by atoms with Gasteiger partial charge in [0.2, 0.25) is 0 Å². The first-order chi connectivity index (χ1) is 16.0. The molecule has 5 rings (SSSR count). The highest BCUT2D eigenvalue weighted by atomic mass is 35.5. The average Bonchev–Trinajstić information content (AvgIpc) is 2.98. The van der Waals surface area contributed by atoms with Gasteiger partial charge < -0.3 is 20.5 Å². The van der Waals surface area contributed by atoms with E-state index in [0.717, 1.165) is 28.2 Å². The number of halogens is 1. The fourth-order valence-electron chi connectivity index (χ4n) is 4.75. The van der Waals surface area contributed by atoms with Crippen LogP contribution in [0.15, 0.2) is 78.0 Å². The summed E-state index contributed by atoms with van der Waals surface area (Å²) in [5.74, 6) is 0.560. The van der Waals surface area contributed by atoms with E-state index in [1.165, 1.54) is 0 Å². The van der Waals surface area contributed by atoms with Gasteiger partial charge in [-0.1, -0.05) is 48.0 Å². The van der Waals surface area contributed by atoms with Gasteiger partial charge in [-0.15, -0.1) is 0 Å². The van der Waals surface area contributed by atoms with Crippen molar-refractivity contribution in [1.82, 2.24) is 0 Å². The molecule has 1 heterocycles. The Balaban J connectivity index is 1.62. The largest absolute Gasteiger partial charge is 0.504 e. The summed E-state index contributed by atoms with van der Waals surface area (Å²) in [6, 6.07) is 20.5. The Morgan fingerprint density at radius 3 is 2.58 bits per heavy atom. The number of hydrogen-bond donors (Lipinski definition) is 3. The van der Waals surface area contributed by atoms with Crippen LogP contribution in [0.4, 0.5) is 11.4 Å². The van der Waals surface area contributed by atoms with Crippen LogP contribution in [-0.4, -0.2) is 17.5 Å². The van der Waals surface area contributed by atoms with Crippen LogP contribution in [0.25, 0.3) is 0 Å². The summed E-state index contributed by atoms with van der Waals surface area (Å²) in [6.07, 6.45) is 1.06. The van der Waals surface area contributed by atoms with Crippen LogP contribution in [-0.2, 0) is 4.79 Å². The minimum atomic E-state index is -0.379. The van der Waals surface area contributed by atoms with Crippen molar-refractivity contribution in [3.63, 3.8) is 0 Å². The number of aromatic hydroxyl groups is 1. The predicted molar refractivity (Wildman–Crippen MR) is 131 cm³/mol. The summed E-state index contributed by atoms with van der Waals surface area (Å²) < 4.78 is 5.61. The Hall–Kier alpha value is -3.44. The monoisotopic (exact) mass is 460 g/mol. The molecule has 0 saturated carbocycles. The lowest BCUT2D eigenvalue weighted by atomic mass is 9.78. The zero-order valence-electron chi connectivity index (χ0n) is 18.3. The number of nitrogens with one attached hydrogen (secondary N) is 2. The van der Waals surface area contributed by atoms with Gasteiger partial charge in [0.25, 0.3) is 0 Å². The number of anilines is 2. The summed E-state index contributed by atoms with van der Waals surface area (Å²) in [5, 5.41) is 18.0. The number of Topliss-reactive ketones (excluding diaryl/α,β-unsaturated/α-hetero) is 1.